The van der Waals surface area contributed by atoms with E-state index in [0.717, 1.165) is 5.69 Å². The highest BCUT2D eigenvalue weighted by Gasteiger charge is 1.99. The lowest BCUT2D eigenvalue weighted by Crippen LogP contribution is -2.04. The van der Waals surface area contributed by atoms with Crippen molar-refractivity contribution in [2.45, 2.75) is 6.54 Å². The molecule has 0 saturated heterocycles. The first-order valence-electron chi connectivity index (χ1n) is 4.13. The molecular formula is C8H10N6. The van der Waals surface area contributed by atoms with E-state index in [1.807, 2.05) is 0 Å². The molecule has 14 heavy (non-hydrogen) atoms. The van der Waals surface area contributed by atoms with Crippen molar-refractivity contribution < 1.29 is 0 Å². The SMILES string of the molecule is Nc1cncnc1NCc1cnc[nH]1. The molecule has 0 aliphatic heterocycles. The van der Waals surface area contributed by atoms with Crippen LogP contribution in [0.1, 0.15) is 5.69 Å². The monoisotopic (exact) mass is 190 g/mol. The Morgan fingerprint density at radius 2 is 2.29 bits per heavy atom. The van der Waals surface area contributed by atoms with Crippen molar-refractivity contribution in [2.24, 2.45) is 0 Å². The van der Waals surface area contributed by atoms with Crippen LogP contribution in [0.15, 0.2) is 25.0 Å². The summed E-state index contributed by atoms with van der Waals surface area (Å²) in [6.45, 7) is 0.612. The number of rotatable bonds is 3. The number of nitrogens with two attached hydrogens (primary N) is 1. The van der Waals surface area contributed by atoms with Gasteiger partial charge < -0.3 is 16.0 Å². The number of nitrogens with one attached hydrogen (secondary N) is 2. The van der Waals surface area contributed by atoms with Crippen LogP contribution in [0.5, 0.6) is 0 Å². The van der Waals surface area contributed by atoms with Crippen molar-refractivity contribution >= 4 is 11.5 Å². The zero-order chi connectivity index (χ0) is 9.80. The number of hydrogen-bond acceptors (Lipinski definition) is 5. The molecular weight excluding hydrogens is 180 g/mol. The fourth-order valence-corrected chi connectivity index (χ4v) is 1.05. The van der Waals surface area contributed by atoms with Gasteiger partial charge in [0.05, 0.1) is 30.5 Å². The number of imidazole rings is 1. The lowest BCUT2D eigenvalue weighted by Gasteiger charge is -2.05. The number of nitrogen functional groups attached to an aromatic ring is 1. The standard InChI is InChI=1S/C8H10N6/c9-7-3-11-5-14-8(7)12-2-6-1-10-4-13-6/h1,3-5H,2,9H2,(H,10,13)(H,11,12,14). The van der Waals surface area contributed by atoms with E-state index >= 15 is 0 Å². The minimum Gasteiger partial charge on any atom is -0.394 e. The highest BCUT2D eigenvalue weighted by Crippen LogP contribution is 2.11. The molecule has 2 aromatic heterocycles. The summed E-state index contributed by atoms with van der Waals surface area (Å²) in [4.78, 5) is 14.7. The molecule has 0 spiro atoms. The van der Waals surface area contributed by atoms with Gasteiger partial charge in [0.15, 0.2) is 5.82 Å². The summed E-state index contributed by atoms with van der Waals surface area (Å²) in [6.07, 6.45) is 6.37. The molecule has 6 heteroatoms. The minimum atomic E-state index is 0.534. The zero-order valence-electron chi connectivity index (χ0n) is 7.44. The van der Waals surface area contributed by atoms with Crippen molar-refractivity contribution in [2.75, 3.05) is 11.1 Å². The first-order valence-corrected chi connectivity index (χ1v) is 4.13. The normalized spacial score (nSPS) is 10.0. The molecule has 6 nitrogen and oxygen atoms in total. The van der Waals surface area contributed by atoms with E-state index in [0.29, 0.717) is 18.1 Å². The third-order valence-electron chi connectivity index (χ3n) is 1.74. The smallest absolute Gasteiger partial charge is 0.152 e. The molecule has 0 aliphatic carbocycles. The van der Waals surface area contributed by atoms with E-state index in [1.54, 1.807) is 18.7 Å². The van der Waals surface area contributed by atoms with Gasteiger partial charge in [-0.3, -0.25) is 0 Å². The summed E-state index contributed by atoms with van der Waals surface area (Å²) in [6, 6.07) is 0. The minimum absolute atomic E-state index is 0.534. The quantitative estimate of drug-likeness (QED) is 0.651. The maximum absolute atomic E-state index is 5.65. The molecule has 0 aromatic carbocycles. The summed E-state index contributed by atoms with van der Waals surface area (Å²) in [5.41, 5.74) is 7.16. The molecule has 0 radical (unpaired) electrons. The van der Waals surface area contributed by atoms with Gasteiger partial charge in [-0.25, -0.2) is 15.0 Å². The predicted molar refractivity (Wildman–Crippen MR) is 52.4 cm³/mol. The van der Waals surface area contributed by atoms with E-state index in [9.17, 15) is 0 Å². The fourth-order valence-electron chi connectivity index (χ4n) is 1.05. The van der Waals surface area contributed by atoms with Crippen molar-refractivity contribution in [3.63, 3.8) is 0 Å². The van der Waals surface area contributed by atoms with Gasteiger partial charge >= 0.3 is 0 Å². The first kappa shape index (κ1) is 8.49. The van der Waals surface area contributed by atoms with Gasteiger partial charge in [0.2, 0.25) is 0 Å². The number of hydrogen-bond donors (Lipinski definition) is 3. The van der Waals surface area contributed by atoms with Crippen LogP contribution >= 0.6 is 0 Å². The molecule has 4 N–H and O–H groups in total. The molecule has 2 heterocycles. The zero-order valence-corrected chi connectivity index (χ0v) is 7.44. The second kappa shape index (κ2) is 3.73. The Kier molecular flexibility index (Phi) is 2.26. The van der Waals surface area contributed by atoms with Crippen LogP contribution in [-0.2, 0) is 6.54 Å². The summed E-state index contributed by atoms with van der Waals surface area (Å²) < 4.78 is 0. The summed E-state index contributed by atoms with van der Waals surface area (Å²) in [5, 5.41) is 3.07. The number of H-pyrrole nitrogens is 1. The largest absolute Gasteiger partial charge is 0.394 e. The van der Waals surface area contributed by atoms with Crippen LogP contribution in [0.25, 0.3) is 0 Å². The molecule has 2 aromatic rings. The van der Waals surface area contributed by atoms with Gasteiger partial charge in [-0.15, -0.1) is 0 Å². The Bertz CT molecular complexity index is 396. The highest BCUT2D eigenvalue weighted by atomic mass is 15.0. The van der Waals surface area contributed by atoms with Gasteiger partial charge in [-0.2, -0.15) is 0 Å². The summed E-state index contributed by atoms with van der Waals surface area (Å²) in [7, 11) is 0. The number of nitrogens with zero attached hydrogens (tertiary/aromatic N) is 3. The van der Waals surface area contributed by atoms with Gasteiger partial charge in [0.1, 0.15) is 6.33 Å². The van der Waals surface area contributed by atoms with E-state index < -0.39 is 0 Å². The third kappa shape index (κ3) is 1.79. The predicted octanol–water partition coefficient (Wildman–Crippen LogP) is 0.394. The van der Waals surface area contributed by atoms with E-state index in [2.05, 4.69) is 25.3 Å². The van der Waals surface area contributed by atoms with Crippen molar-refractivity contribution in [1.29, 1.82) is 0 Å². The average molecular weight is 190 g/mol. The fraction of sp³-hybridized carbons (Fsp3) is 0.125. The molecule has 0 aliphatic rings. The van der Waals surface area contributed by atoms with E-state index in [1.165, 1.54) is 6.33 Å². The molecule has 2 rings (SSSR count). The van der Waals surface area contributed by atoms with Gasteiger partial charge in [0.25, 0.3) is 0 Å². The van der Waals surface area contributed by atoms with Crippen LogP contribution in [-0.4, -0.2) is 19.9 Å². The third-order valence-corrected chi connectivity index (χ3v) is 1.74. The summed E-state index contributed by atoms with van der Waals surface area (Å²) >= 11 is 0. The number of anilines is 2. The average Bonchev–Trinajstić information content (AvgIpc) is 2.69. The first-order chi connectivity index (χ1) is 6.86. The van der Waals surface area contributed by atoms with Crippen molar-refractivity contribution in [1.82, 2.24) is 19.9 Å². The topological polar surface area (TPSA) is 92.5 Å². The number of aromatic nitrogens is 4. The van der Waals surface area contributed by atoms with Gasteiger partial charge in [0, 0.05) is 6.20 Å². The van der Waals surface area contributed by atoms with Crippen LogP contribution in [0, 0.1) is 0 Å². The van der Waals surface area contributed by atoms with Crippen LogP contribution in [0.3, 0.4) is 0 Å². The Balaban J connectivity index is 2.02. The number of aromatic amines is 1. The van der Waals surface area contributed by atoms with Crippen molar-refractivity contribution in [3.8, 4) is 0 Å². The van der Waals surface area contributed by atoms with Gasteiger partial charge in [-0.05, 0) is 0 Å². The Morgan fingerprint density at radius 1 is 1.36 bits per heavy atom. The highest BCUT2D eigenvalue weighted by molar-refractivity contribution is 5.58. The lowest BCUT2D eigenvalue weighted by molar-refractivity contribution is 1.04. The van der Waals surface area contributed by atoms with E-state index in [-0.39, 0.29) is 0 Å². The lowest BCUT2D eigenvalue weighted by atomic mass is 10.4. The maximum Gasteiger partial charge on any atom is 0.152 e. The molecule has 0 unspecified atom stereocenters. The second-order valence-corrected chi connectivity index (χ2v) is 2.76. The van der Waals surface area contributed by atoms with E-state index in [4.69, 9.17) is 5.73 Å². The van der Waals surface area contributed by atoms with Crippen LogP contribution in [0.4, 0.5) is 11.5 Å². The molecule has 0 atom stereocenters. The second-order valence-electron chi connectivity index (χ2n) is 2.76. The molecule has 0 amide bonds. The summed E-state index contributed by atoms with van der Waals surface area (Å²) in [5.74, 6) is 0.634. The van der Waals surface area contributed by atoms with Crippen LogP contribution in [0.2, 0.25) is 0 Å². The molecule has 72 valence electrons. The van der Waals surface area contributed by atoms with Gasteiger partial charge in [-0.1, -0.05) is 0 Å². The Labute approximate surface area is 80.6 Å². The Morgan fingerprint density at radius 3 is 3.00 bits per heavy atom. The Hall–Kier alpha value is -2.11. The molecule has 0 saturated carbocycles. The molecule has 0 fully saturated rings. The molecule has 0 bridgehead atoms. The van der Waals surface area contributed by atoms with Crippen LogP contribution < -0.4 is 11.1 Å². The van der Waals surface area contributed by atoms with Crippen molar-refractivity contribution in [3.05, 3.63) is 30.7 Å². The maximum atomic E-state index is 5.65.